The molecule has 23 heavy (non-hydrogen) atoms. The highest BCUT2D eigenvalue weighted by Crippen LogP contribution is 1.84. The van der Waals surface area contributed by atoms with Gasteiger partial charge in [-0.15, -0.1) is 6.42 Å². The maximum absolute atomic E-state index is 5.36. The number of methoxy groups -OCH3 is 1. The molecule has 0 aromatic heterocycles. The second-order valence-electron chi connectivity index (χ2n) is 4.31. The van der Waals surface area contributed by atoms with Gasteiger partial charge in [0, 0.05) is 7.11 Å². The van der Waals surface area contributed by atoms with Gasteiger partial charge in [0.2, 0.25) is 0 Å². The van der Waals surface area contributed by atoms with E-state index in [-0.39, 0.29) is 0 Å². The van der Waals surface area contributed by atoms with Crippen LogP contribution in [0.1, 0.15) is 0 Å². The Balaban J connectivity index is 2.94. The molecule has 0 atom stereocenters. The highest BCUT2D eigenvalue weighted by molar-refractivity contribution is 4.82. The lowest BCUT2D eigenvalue weighted by Gasteiger charge is -2.08. The lowest BCUT2D eigenvalue weighted by molar-refractivity contribution is -0.0181. The summed E-state index contributed by atoms with van der Waals surface area (Å²) in [6.07, 6.45) is 5.04. The third-order valence-electron chi connectivity index (χ3n) is 2.48. The molecule has 0 radical (unpaired) electrons. The molecule has 0 heterocycles. The van der Waals surface area contributed by atoms with Crippen molar-refractivity contribution in [3.05, 3.63) is 0 Å². The van der Waals surface area contributed by atoms with E-state index in [0.717, 1.165) is 0 Å². The van der Waals surface area contributed by atoms with Crippen molar-refractivity contribution in [3.8, 4) is 12.3 Å². The van der Waals surface area contributed by atoms with Crippen LogP contribution in [0.2, 0.25) is 0 Å². The minimum absolute atomic E-state index is 0.321. The molecule has 0 rings (SSSR count). The van der Waals surface area contributed by atoms with Crippen LogP contribution in [0.25, 0.3) is 0 Å². The first-order valence-corrected chi connectivity index (χ1v) is 7.80. The molecule has 0 saturated carbocycles. The first-order valence-electron chi connectivity index (χ1n) is 7.80. The van der Waals surface area contributed by atoms with Crippen molar-refractivity contribution in [1.29, 1.82) is 0 Å². The first kappa shape index (κ1) is 22.3. The summed E-state index contributed by atoms with van der Waals surface area (Å²) in [5, 5.41) is 0. The van der Waals surface area contributed by atoms with Crippen LogP contribution < -0.4 is 0 Å². The normalized spacial score (nSPS) is 10.8. The maximum Gasteiger partial charge on any atom is 0.107 e. The smallest absolute Gasteiger partial charge is 0.107 e. The number of ether oxygens (including phenoxy) is 7. The lowest BCUT2D eigenvalue weighted by Crippen LogP contribution is -2.14. The molecule has 0 aliphatic carbocycles. The molecule has 0 unspecified atom stereocenters. The minimum Gasteiger partial charge on any atom is -0.382 e. The van der Waals surface area contributed by atoms with E-state index in [1.54, 1.807) is 7.11 Å². The fourth-order valence-corrected chi connectivity index (χ4v) is 1.37. The van der Waals surface area contributed by atoms with Crippen molar-refractivity contribution in [2.24, 2.45) is 0 Å². The highest BCUT2D eigenvalue weighted by atomic mass is 16.6. The van der Waals surface area contributed by atoms with E-state index in [4.69, 9.17) is 39.6 Å². The SMILES string of the molecule is C#CCOCCOCCOCCOCCOCCOCCOC. The summed E-state index contributed by atoms with van der Waals surface area (Å²) in [5.74, 6) is 2.39. The molecule has 0 spiro atoms. The van der Waals surface area contributed by atoms with Crippen LogP contribution in [-0.2, 0) is 33.2 Å². The topological polar surface area (TPSA) is 64.6 Å². The van der Waals surface area contributed by atoms with Gasteiger partial charge in [0.1, 0.15) is 6.61 Å². The maximum atomic E-state index is 5.36. The molecule has 0 fully saturated rings. The van der Waals surface area contributed by atoms with Gasteiger partial charge in [-0.05, 0) is 0 Å². The van der Waals surface area contributed by atoms with Crippen molar-refractivity contribution >= 4 is 0 Å². The van der Waals surface area contributed by atoms with Gasteiger partial charge in [-0.1, -0.05) is 5.92 Å². The lowest BCUT2D eigenvalue weighted by atomic mass is 10.6. The fourth-order valence-electron chi connectivity index (χ4n) is 1.37. The molecular formula is C16H30O7. The van der Waals surface area contributed by atoms with Gasteiger partial charge in [-0.25, -0.2) is 0 Å². The number of hydrogen-bond donors (Lipinski definition) is 0. The molecule has 0 aliphatic heterocycles. The molecule has 7 nitrogen and oxygen atoms in total. The fraction of sp³-hybridized carbons (Fsp3) is 0.875. The van der Waals surface area contributed by atoms with Gasteiger partial charge in [0.15, 0.2) is 0 Å². The quantitative estimate of drug-likeness (QED) is 0.250. The Labute approximate surface area is 139 Å². The molecule has 0 aromatic carbocycles. The molecule has 0 N–H and O–H groups in total. The van der Waals surface area contributed by atoms with Crippen LogP contribution in [0.15, 0.2) is 0 Å². The number of hydrogen-bond acceptors (Lipinski definition) is 7. The van der Waals surface area contributed by atoms with E-state index in [1.165, 1.54) is 0 Å². The van der Waals surface area contributed by atoms with Crippen LogP contribution in [0.5, 0.6) is 0 Å². The van der Waals surface area contributed by atoms with E-state index in [0.29, 0.717) is 85.9 Å². The monoisotopic (exact) mass is 334 g/mol. The van der Waals surface area contributed by atoms with Crippen LogP contribution in [0, 0.1) is 12.3 Å². The van der Waals surface area contributed by atoms with Crippen molar-refractivity contribution in [1.82, 2.24) is 0 Å². The average Bonchev–Trinajstić information content (AvgIpc) is 2.57. The molecule has 7 heteroatoms. The Morgan fingerprint density at radius 2 is 0.826 bits per heavy atom. The zero-order chi connectivity index (χ0) is 16.8. The van der Waals surface area contributed by atoms with Gasteiger partial charge in [-0.3, -0.25) is 0 Å². The molecule has 0 aliphatic rings. The summed E-state index contributed by atoms with van der Waals surface area (Å²) in [6, 6.07) is 0. The molecular weight excluding hydrogens is 304 g/mol. The van der Waals surface area contributed by atoms with Gasteiger partial charge in [0.05, 0.1) is 79.3 Å². The van der Waals surface area contributed by atoms with Crippen LogP contribution >= 0.6 is 0 Å². The second kappa shape index (κ2) is 21.3. The van der Waals surface area contributed by atoms with Crippen molar-refractivity contribution in [3.63, 3.8) is 0 Å². The van der Waals surface area contributed by atoms with Crippen LogP contribution in [0.3, 0.4) is 0 Å². The van der Waals surface area contributed by atoms with Crippen LogP contribution in [-0.4, -0.2) is 93.0 Å². The zero-order valence-electron chi connectivity index (χ0n) is 14.1. The van der Waals surface area contributed by atoms with Gasteiger partial charge in [0.25, 0.3) is 0 Å². The standard InChI is InChI=1S/C16H30O7/c1-3-4-18-7-8-20-11-12-22-15-16-23-14-13-21-10-9-19-6-5-17-2/h1H,4-16H2,2H3. The van der Waals surface area contributed by atoms with Gasteiger partial charge < -0.3 is 33.2 Å². The number of terminal acetylenes is 1. The molecule has 0 aromatic rings. The van der Waals surface area contributed by atoms with E-state index in [1.807, 2.05) is 0 Å². The van der Waals surface area contributed by atoms with Crippen molar-refractivity contribution < 1.29 is 33.2 Å². The Morgan fingerprint density at radius 3 is 1.13 bits per heavy atom. The summed E-state index contributed by atoms with van der Waals surface area (Å²) in [7, 11) is 1.64. The predicted molar refractivity (Wildman–Crippen MR) is 85.6 cm³/mol. The molecule has 0 bridgehead atoms. The highest BCUT2D eigenvalue weighted by Gasteiger charge is 1.93. The van der Waals surface area contributed by atoms with E-state index in [2.05, 4.69) is 5.92 Å². The molecule has 136 valence electrons. The Morgan fingerprint density at radius 1 is 0.522 bits per heavy atom. The van der Waals surface area contributed by atoms with Crippen molar-refractivity contribution in [2.75, 3.05) is 93.0 Å². The summed E-state index contributed by atoms with van der Waals surface area (Å²) in [4.78, 5) is 0. The largest absolute Gasteiger partial charge is 0.382 e. The van der Waals surface area contributed by atoms with Crippen LogP contribution in [0.4, 0.5) is 0 Å². The Kier molecular flexibility index (Phi) is 20.6. The average molecular weight is 334 g/mol. The summed E-state index contributed by atoms with van der Waals surface area (Å²) in [6.45, 7) is 6.92. The first-order chi connectivity index (χ1) is 11.4. The van der Waals surface area contributed by atoms with E-state index < -0.39 is 0 Å². The molecule has 0 saturated heterocycles. The van der Waals surface area contributed by atoms with E-state index >= 15 is 0 Å². The summed E-state index contributed by atoms with van der Waals surface area (Å²) < 4.78 is 36.5. The second-order valence-corrected chi connectivity index (χ2v) is 4.31. The zero-order valence-corrected chi connectivity index (χ0v) is 14.1. The number of rotatable bonds is 19. The Bertz CT molecular complexity index is 255. The van der Waals surface area contributed by atoms with Gasteiger partial charge >= 0.3 is 0 Å². The third kappa shape index (κ3) is 21.3. The summed E-state index contributed by atoms with van der Waals surface area (Å²) >= 11 is 0. The van der Waals surface area contributed by atoms with Crippen molar-refractivity contribution in [2.45, 2.75) is 0 Å². The Hall–Kier alpha value is -0.720. The van der Waals surface area contributed by atoms with Gasteiger partial charge in [-0.2, -0.15) is 0 Å². The molecule has 0 amide bonds. The van der Waals surface area contributed by atoms with E-state index in [9.17, 15) is 0 Å². The minimum atomic E-state index is 0.321. The summed E-state index contributed by atoms with van der Waals surface area (Å²) in [5.41, 5.74) is 0. The third-order valence-corrected chi connectivity index (χ3v) is 2.48. The predicted octanol–water partition coefficient (Wildman–Crippen LogP) is 0.366.